The fourth-order valence-corrected chi connectivity index (χ4v) is 8.29. The minimum atomic E-state index is -4.62. The summed E-state index contributed by atoms with van der Waals surface area (Å²) in [5.74, 6) is -13.2. The second kappa shape index (κ2) is 15.2. The Hall–Kier alpha value is -5.36. The number of phenols is 1. The van der Waals surface area contributed by atoms with E-state index < -0.39 is 106 Å². The predicted molar refractivity (Wildman–Crippen MR) is 194 cm³/mol. The number of aliphatic hydroxyl groups is 1. The second-order valence-corrected chi connectivity index (χ2v) is 16.4. The minimum absolute atomic E-state index is 0.00691. The SMILES string of the molecule is CN(C)c1cc(CN(CC(C)(C)C)C(=O)OCOC(=O)c2ccc(C(F)(F)F)cc2)c(O)c2c1C[C@H]1C[C@H]3[C@H](N(C)C)C(=O)C(C(N)=O)C(=O)[C@@]3(O)C(=O)C1C2=O. The van der Waals surface area contributed by atoms with E-state index in [0.717, 1.165) is 12.1 Å². The number of phenolic OH excluding ortho intramolecular Hbond substituents is 1. The summed E-state index contributed by atoms with van der Waals surface area (Å²) in [6.07, 6.45) is -5.74. The standard InChI is InChI=1S/C39H45F3N4O11/c1-37(2,3)16-46(36(54)57-17-56-35(53)18-8-10-21(11-9-18)39(40,41)42)15-20-14-24(44(4)5)22-12-19-13-23-28(45(6)7)31(49)27(34(43)52)33(51)38(23,55)32(50)25(19)30(48)26(22)29(20)47/h8-11,14,19,23,25,27-28,47,55H,12-13,15-17H2,1-7H3,(H2,43,52)/t19-,23-,25?,27?,28-,38-/m0/s1. The maximum atomic E-state index is 14.5. The predicted octanol–water partition coefficient (Wildman–Crippen LogP) is 2.75. The second-order valence-electron chi connectivity index (χ2n) is 16.4. The van der Waals surface area contributed by atoms with Crippen molar-refractivity contribution < 1.29 is 66.4 Å². The van der Waals surface area contributed by atoms with Crippen LogP contribution in [-0.4, -0.2) is 114 Å². The van der Waals surface area contributed by atoms with Crippen LogP contribution in [0, 0.1) is 29.1 Å². The van der Waals surface area contributed by atoms with Crippen molar-refractivity contribution in [1.82, 2.24) is 9.80 Å². The van der Waals surface area contributed by atoms with Crippen LogP contribution < -0.4 is 10.6 Å². The molecule has 4 N–H and O–H groups in total. The zero-order chi connectivity index (χ0) is 42.7. The zero-order valence-corrected chi connectivity index (χ0v) is 32.4. The Balaban J connectivity index is 1.45. The molecule has 57 heavy (non-hydrogen) atoms. The Morgan fingerprint density at radius 3 is 2.11 bits per heavy atom. The van der Waals surface area contributed by atoms with E-state index >= 15 is 0 Å². The summed E-state index contributed by atoms with van der Waals surface area (Å²) in [6, 6.07) is 3.53. The third kappa shape index (κ3) is 7.84. The molecular weight excluding hydrogens is 757 g/mol. The molecule has 2 amide bonds. The van der Waals surface area contributed by atoms with Crippen molar-refractivity contribution in [3.8, 4) is 5.75 Å². The van der Waals surface area contributed by atoms with Gasteiger partial charge in [0.05, 0.1) is 35.2 Å². The molecule has 18 heteroatoms. The van der Waals surface area contributed by atoms with Crippen molar-refractivity contribution >= 4 is 46.8 Å². The first-order valence-electron chi connectivity index (χ1n) is 18.0. The van der Waals surface area contributed by atoms with E-state index in [1.54, 1.807) is 45.8 Å². The number of nitrogens with zero attached hydrogens (tertiary/aromatic N) is 3. The lowest BCUT2D eigenvalue weighted by atomic mass is 9.52. The first-order chi connectivity index (χ1) is 26.3. The number of nitrogens with two attached hydrogens (primary N) is 1. The molecule has 6 atom stereocenters. The van der Waals surface area contributed by atoms with Crippen molar-refractivity contribution in [3.05, 3.63) is 58.1 Å². The number of aromatic hydroxyl groups is 1. The molecule has 0 bridgehead atoms. The van der Waals surface area contributed by atoms with Gasteiger partial charge in [0.15, 0.2) is 34.7 Å². The van der Waals surface area contributed by atoms with Crippen LogP contribution in [0.4, 0.5) is 23.7 Å². The molecular formula is C39H45F3N4O11. The molecule has 0 heterocycles. The molecule has 2 unspecified atom stereocenters. The third-order valence-corrected chi connectivity index (χ3v) is 10.7. The molecule has 2 aromatic rings. The van der Waals surface area contributed by atoms with Gasteiger partial charge in [0.25, 0.3) is 0 Å². The molecule has 0 saturated heterocycles. The molecule has 2 fully saturated rings. The van der Waals surface area contributed by atoms with E-state index in [0.29, 0.717) is 23.4 Å². The van der Waals surface area contributed by atoms with Crippen LogP contribution in [-0.2, 0) is 47.8 Å². The number of hydrogen-bond acceptors (Lipinski definition) is 13. The topological polar surface area (TPSA) is 214 Å². The number of carbonyl (C=O) groups excluding carboxylic acids is 7. The van der Waals surface area contributed by atoms with Gasteiger partial charge in [-0.1, -0.05) is 20.8 Å². The lowest BCUT2D eigenvalue weighted by molar-refractivity contribution is -0.181. The highest BCUT2D eigenvalue weighted by Gasteiger charge is 2.69. The Labute approximate surface area is 325 Å². The van der Waals surface area contributed by atoms with Gasteiger partial charge in [0.1, 0.15) is 5.75 Å². The Bertz CT molecular complexity index is 2030. The minimum Gasteiger partial charge on any atom is -0.507 e. The van der Waals surface area contributed by atoms with Crippen LogP contribution in [0.25, 0.3) is 0 Å². The van der Waals surface area contributed by atoms with Gasteiger partial charge >= 0.3 is 18.2 Å². The summed E-state index contributed by atoms with van der Waals surface area (Å²) in [6.45, 7) is 4.13. The van der Waals surface area contributed by atoms with Gasteiger partial charge in [-0.15, -0.1) is 0 Å². The number of halogens is 3. The van der Waals surface area contributed by atoms with Crippen molar-refractivity contribution in [3.63, 3.8) is 0 Å². The lowest BCUT2D eigenvalue weighted by Crippen LogP contribution is -2.74. The van der Waals surface area contributed by atoms with Crippen LogP contribution in [0.1, 0.15) is 64.6 Å². The average molecular weight is 803 g/mol. The number of rotatable bonds is 9. The number of esters is 1. The molecule has 3 aliphatic rings. The highest BCUT2D eigenvalue weighted by Crippen LogP contribution is 2.52. The van der Waals surface area contributed by atoms with E-state index in [1.807, 2.05) is 0 Å². The molecule has 3 aliphatic carbocycles. The van der Waals surface area contributed by atoms with E-state index in [1.165, 1.54) is 23.9 Å². The van der Waals surface area contributed by atoms with Crippen LogP contribution >= 0.6 is 0 Å². The summed E-state index contributed by atoms with van der Waals surface area (Å²) in [5.41, 5.74) is 1.31. The maximum Gasteiger partial charge on any atom is 0.416 e. The molecule has 5 rings (SSSR count). The first kappa shape index (κ1) is 42.8. The van der Waals surface area contributed by atoms with Crippen molar-refractivity contribution in [2.75, 3.05) is 46.4 Å². The number of benzene rings is 2. The number of ketones is 4. The highest BCUT2D eigenvalue weighted by atomic mass is 19.4. The largest absolute Gasteiger partial charge is 0.507 e. The maximum absolute atomic E-state index is 14.5. The first-order valence-corrected chi connectivity index (χ1v) is 18.0. The van der Waals surface area contributed by atoms with Gasteiger partial charge in [-0.3, -0.25) is 28.9 Å². The number of fused-ring (bicyclic) bond motifs is 3. The van der Waals surface area contributed by atoms with Crippen molar-refractivity contribution in [2.24, 2.45) is 34.8 Å². The summed E-state index contributed by atoms with van der Waals surface area (Å²) in [4.78, 5) is 98.3. The summed E-state index contributed by atoms with van der Waals surface area (Å²) < 4.78 is 48.9. The molecule has 0 aliphatic heterocycles. The summed E-state index contributed by atoms with van der Waals surface area (Å²) in [5, 5.41) is 23.7. The van der Waals surface area contributed by atoms with E-state index in [9.17, 15) is 56.9 Å². The molecule has 0 spiro atoms. The number of primary amides is 1. The van der Waals surface area contributed by atoms with Gasteiger partial charge in [0, 0.05) is 37.8 Å². The number of amides is 2. The monoisotopic (exact) mass is 802 g/mol. The summed E-state index contributed by atoms with van der Waals surface area (Å²) >= 11 is 0. The number of ether oxygens (including phenoxy) is 2. The fraction of sp³-hybridized carbons (Fsp3) is 0.513. The van der Waals surface area contributed by atoms with E-state index in [4.69, 9.17) is 15.2 Å². The number of alkyl halides is 3. The Kier molecular flexibility index (Phi) is 11.4. The van der Waals surface area contributed by atoms with Gasteiger partial charge in [-0.05, 0) is 74.2 Å². The zero-order valence-electron chi connectivity index (χ0n) is 32.4. The van der Waals surface area contributed by atoms with Gasteiger partial charge in [-0.2, -0.15) is 13.2 Å². The van der Waals surface area contributed by atoms with Crippen molar-refractivity contribution in [2.45, 2.75) is 58.0 Å². The third-order valence-electron chi connectivity index (χ3n) is 10.7. The highest BCUT2D eigenvalue weighted by molar-refractivity contribution is 6.32. The van der Waals surface area contributed by atoms with E-state index in [2.05, 4.69) is 0 Å². The molecule has 0 radical (unpaired) electrons. The van der Waals surface area contributed by atoms with Crippen LogP contribution in [0.3, 0.4) is 0 Å². The number of Topliss-reactive ketones (excluding diaryl/α,β-unsaturated/α-hetero) is 4. The average Bonchev–Trinajstić information content (AvgIpc) is 3.09. The van der Waals surface area contributed by atoms with Crippen LogP contribution in [0.15, 0.2) is 30.3 Å². The number of carbonyl (C=O) groups is 7. The fourth-order valence-electron chi connectivity index (χ4n) is 8.29. The van der Waals surface area contributed by atoms with Crippen LogP contribution in [0.5, 0.6) is 5.75 Å². The Morgan fingerprint density at radius 1 is 0.965 bits per heavy atom. The number of likely N-dealkylation sites (N-methyl/N-ethyl adjacent to an activating group) is 1. The molecule has 0 aromatic heterocycles. The van der Waals surface area contributed by atoms with Crippen LogP contribution in [0.2, 0.25) is 0 Å². The van der Waals surface area contributed by atoms with Gasteiger partial charge < -0.3 is 35.2 Å². The molecule has 2 aromatic carbocycles. The lowest BCUT2D eigenvalue weighted by Gasteiger charge is -2.52. The Morgan fingerprint density at radius 2 is 1.58 bits per heavy atom. The molecule has 2 saturated carbocycles. The normalized spacial score (nSPS) is 24.7. The smallest absolute Gasteiger partial charge is 0.416 e. The van der Waals surface area contributed by atoms with Gasteiger partial charge in [-0.25, -0.2) is 9.59 Å². The number of hydrogen-bond donors (Lipinski definition) is 3. The summed E-state index contributed by atoms with van der Waals surface area (Å²) in [7, 11) is 6.34. The quantitative estimate of drug-likeness (QED) is 0.189. The van der Waals surface area contributed by atoms with Gasteiger partial charge in [0.2, 0.25) is 12.7 Å². The molecule has 308 valence electrons. The van der Waals surface area contributed by atoms with E-state index in [-0.39, 0.29) is 42.6 Å². The molecule has 15 nitrogen and oxygen atoms in total. The van der Waals surface area contributed by atoms with Crippen molar-refractivity contribution in [1.29, 1.82) is 0 Å². The number of anilines is 1.